The minimum atomic E-state index is 0.261. The molecule has 1 aromatic carbocycles. The third-order valence-electron chi connectivity index (χ3n) is 6.19. The number of para-hydroxylation sites is 1. The molecule has 7 heteroatoms. The van der Waals surface area contributed by atoms with Crippen molar-refractivity contribution >= 4 is 5.91 Å². The number of tetrazole rings is 1. The number of rotatable bonds is 4. The van der Waals surface area contributed by atoms with Gasteiger partial charge in [-0.3, -0.25) is 9.69 Å². The van der Waals surface area contributed by atoms with E-state index < -0.39 is 0 Å². The molecule has 1 saturated carbocycles. The van der Waals surface area contributed by atoms with Gasteiger partial charge in [0.05, 0.1) is 12.2 Å². The molecule has 1 saturated heterocycles. The Labute approximate surface area is 166 Å². The van der Waals surface area contributed by atoms with Crippen molar-refractivity contribution in [2.75, 3.05) is 26.2 Å². The molecular formula is C21H30N6O. The zero-order chi connectivity index (χ0) is 19.5. The van der Waals surface area contributed by atoms with Gasteiger partial charge in [-0.15, -0.1) is 5.10 Å². The van der Waals surface area contributed by atoms with Crippen LogP contribution in [0.15, 0.2) is 18.2 Å². The highest BCUT2D eigenvalue weighted by Gasteiger charge is 2.29. The summed E-state index contributed by atoms with van der Waals surface area (Å²) in [5.74, 6) is 1.49. The first-order valence-corrected chi connectivity index (χ1v) is 10.5. The molecule has 2 aliphatic rings. The van der Waals surface area contributed by atoms with Crippen LogP contribution in [-0.2, 0) is 11.3 Å². The van der Waals surface area contributed by atoms with E-state index in [1.54, 1.807) is 0 Å². The molecule has 1 aromatic heterocycles. The lowest BCUT2D eigenvalue weighted by atomic mass is 9.88. The molecule has 0 N–H and O–H groups in total. The zero-order valence-electron chi connectivity index (χ0n) is 17.0. The predicted molar refractivity (Wildman–Crippen MR) is 107 cm³/mol. The Morgan fingerprint density at radius 1 is 1.04 bits per heavy atom. The number of carbonyl (C=O) groups is 1. The van der Waals surface area contributed by atoms with Crippen molar-refractivity contribution in [3.8, 4) is 5.69 Å². The Hall–Kier alpha value is -2.28. The van der Waals surface area contributed by atoms with E-state index in [2.05, 4.69) is 57.4 Å². The highest BCUT2D eigenvalue weighted by Crippen LogP contribution is 2.26. The van der Waals surface area contributed by atoms with Gasteiger partial charge in [0, 0.05) is 32.1 Å². The number of amides is 1. The monoisotopic (exact) mass is 382 g/mol. The van der Waals surface area contributed by atoms with Crippen LogP contribution in [0, 0.1) is 19.8 Å². The van der Waals surface area contributed by atoms with Crippen molar-refractivity contribution in [2.24, 2.45) is 5.92 Å². The maximum Gasteiger partial charge on any atom is 0.225 e. The van der Waals surface area contributed by atoms with Gasteiger partial charge in [-0.25, -0.2) is 0 Å². The van der Waals surface area contributed by atoms with Gasteiger partial charge < -0.3 is 4.90 Å². The second-order valence-corrected chi connectivity index (χ2v) is 8.18. The van der Waals surface area contributed by atoms with E-state index in [0.29, 0.717) is 12.5 Å². The van der Waals surface area contributed by atoms with Crippen LogP contribution in [0.1, 0.15) is 49.1 Å². The Morgan fingerprint density at radius 2 is 1.71 bits per heavy atom. The quantitative estimate of drug-likeness (QED) is 0.813. The van der Waals surface area contributed by atoms with E-state index in [1.807, 2.05) is 4.68 Å². The number of aryl methyl sites for hydroxylation is 2. The van der Waals surface area contributed by atoms with Gasteiger partial charge in [-0.05, 0) is 48.2 Å². The van der Waals surface area contributed by atoms with Crippen LogP contribution in [0.3, 0.4) is 0 Å². The molecule has 2 heterocycles. The Morgan fingerprint density at radius 3 is 2.39 bits per heavy atom. The number of hydrogen-bond acceptors (Lipinski definition) is 5. The standard InChI is InChI=1S/C21H30N6O/c1-16-7-6-8-17(2)20(16)27-19(22-23-24-27)15-25-11-13-26(14-12-25)21(28)18-9-4-3-5-10-18/h6-8,18H,3-5,9-15H2,1-2H3. The Bertz CT molecular complexity index is 798. The van der Waals surface area contributed by atoms with Crippen LogP contribution < -0.4 is 0 Å². The van der Waals surface area contributed by atoms with Gasteiger partial charge in [0.2, 0.25) is 5.91 Å². The molecule has 0 bridgehead atoms. The van der Waals surface area contributed by atoms with E-state index >= 15 is 0 Å². The fourth-order valence-corrected chi connectivity index (χ4v) is 4.55. The fourth-order valence-electron chi connectivity index (χ4n) is 4.55. The van der Waals surface area contributed by atoms with Crippen molar-refractivity contribution in [3.63, 3.8) is 0 Å². The van der Waals surface area contributed by atoms with E-state index in [1.165, 1.54) is 19.3 Å². The lowest BCUT2D eigenvalue weighted by Crippen LogP contribution is -2.50. The van der Waals surface area contributed by atoms with E-state index in [4.69, 9.17) is 0 Å². The predicted octanol–water partition coefficient (Wildman–Crippen LogP) is 2.50. The summed E-state index contributed by atoms with van der Waals surface area (Å²) in [6.07, 6.45) is 5.84. The third kappa shape index (κ3) is 3.94. The summed E-state index contributed by atoms with van der Waals surface area (Å²) < 4.78 is 1.87. The van der Waals surface area contributed by atoms with Gasteiger partial charge in [0.25, 0.3) is 0 Å². The van der Waals surface area contributed by atoms with Crippen LogP contribution in [0.5, 0.6) is 0 Å². The van der Waals surface area contributed by atoms with Crippen LogP contribution in [0.2, 0.25) is 0 Å². The van der Waals surface area contributed by atoms with Crippen molar-refractivity contribution in [1.29, 1.82) is 0 Å². The molecule has 2 aromatic rings. The van der Waals surface area contributed by atoms with E-state index in [0.717, 1.165) is 61.7 Å². The van der Waals surface area contributed by atoms with Gasteiger partial charge in [0.15, 0.2) is 5.82 Å². The van der Waals surface area contributed by atoms with Crippen LogP contribution in [0.4, 0.5) is 0 Å². The molecular weight excluding hydrogens is 352 g/mol. The van der Waals surface area contributed by atoms with Gasteiger partial charge in [0.1, 0.15) is 0 Å². The largest absolute Gasteiger partial charge is 0.340 e. The second kappa shape index (κ2) is 8.39. The summed E-state index contributed by atoms with van der Waals surface area (Å²) in [4.78, 5) is 17.2. The summed E-state index contributed by atoms with van der Waals surface area (Å²) in [7, 11) is 0. The fraction of sp³-hybridized carbons (Fsp3) is 0.619. The van der Waals surface area contributed by atoms with Crippen molar-refractivity contribution in [3.05, 3.63) is 35.2 Å². The number of hydrogen-bond donors (Lipinski definition) is 0. The zero-order valence-corrected chi connectivity index (χ0v) is 17.0. The minimum Gasteiger partial charge on any atom is -0.340 e. The van der Waals surface area contributed by atoms with Crippen molar-refractivity contribution in [1.82, 2.24) is 30.0 Å². The molecule has 2 fully saturated rings. The molecule has 0 unspecified atom stereocenters. The molecule has 4 rings (SSSR count). The normalized spacial score (nSPS) is 19.1. The number of aromatic nitrogens is 4. The van der Waals surface area contributed by atoms with Crippen LogP contribution in [0.25, 0.3) is 5.69 Å². The van der Waals surface area contributed by atoms with Crippen LogP contribution in [-0.4, -0.2) is 62.1 Å². The number of nitrogens with zero attached hydrogens (tertiary/aromatic N) is 6. The lowest BCUT2D eigenvalue weighted by Gasteiger charge is -2.36. The molecule has 7 nitrogen and oxygen atoms in total. The van der Waals surface area contributed by atoms with Crippen LogP contribution >= 0.6 is 0 Å². The lowest BCUT2D eigenvalue weighted by molar-refractivity contribution is -0.138. The van der Waals surface area contributed by atoms with Gasteiger partial charge >= 0.3 is 0 Å². The van der Waals surface area contributed by atoms with Gasteiger partial charge in [-0.1, -0.05) is 37.5 Å². The van der Waals surface area contributed by atoms with E-state index in [9.17, 15) is 4.79 Å². The summed E-state index contributed by atoms with van der Waals surface area (Å²) in [5, 5.41) is 12.4. The molecule has 0 radical (unpaired) electrons. The first kappa shape index (κ1) is 19.1. The van der Waals surface area contributed by atoms with Crippen molar-refractivity contribution < 1.29 is 4.79 Å². The summed E-state index contributed by atoms with van der Waals surface area (Å²) in [5.41, 5.74) is 3.39. The summed E-state index contributed by atoms with van der Waals surface area (Å²) in [6, 6.07) is 6.23. The topological polar surface area (TPSA) is 67.2 Å². The molecule has 0 atom stereocenters. The molecule has 28 heavy (non-hydrogen) atoms. The molecule has 0 spiro atoms. The minimum absolute atomic E-state index is 0.261. The SMILES string of the molecule is Cc1cccc(C)c1-n1nnnc1CN1CCN(C(=O)C2CCCCC2)CC1. The first-order valence-electron chi connectivity index (χ1n) is 10.5. The highest BCUT2D eigenvalue weighted by atomic mass is 16.2. The van der Waals surface area contributed by atoms with E-state index in [-0.39, 0.29) is 5.92 Å². The summed E-state index contributed by atoms with van der Waals surface area (Å²) >= 11 is 0. The second-order valence-electron chi connectivity index (χ2n) is 8.18. The molecule has 1 amide bonds. The Kier molecular flexibility index (Phi) is 5.71. The maximum atomic E-state index is 12.8. The highest BCUT2D eigenvalue weighted by molar-refractivity contribution is 5.79. The maximum absolute atomic E-state index is 12.8. The molecule has 1 aliphatic heterocycles. The number of benzene rings is 1. The Balaban J connectivity index is 1.38. The smallest absolute Gasteiger partial charge is 0.225 e. The third-order valence-corrected chi connectivity index (χ3v) is 6.19. The molecule has 1 aliphatic carbocycles. The number of piperazine rings is 1. The first-order chi connectivity index (χ1) is 13.6. The average molecular weight is 383 g/mol. The summed E-state index contributed by atoms with van der Waals surface area (Å²) in [6.45, 7) is 8.23. The molecule has 150 valence electrons. The van der Waals surface area contributed by atoms with Crippen molar-refractivity contribution in [2.45, 2.75) is 52.5 Å². The van der Waals surface area contributed by atoms with Gasteiger partial charge in [-0.2, -0.15) is 4.68 Å². The average Bonchev–Trinajstić information content (AvgIpc) is 3.16. The number of carbonyl (C=O) groups excluding carboxylic acids is 1.